The van der Waals surface area contributed by atoms with Crippen molar-refractivity contribution >= 4 is 17.8 Å². The van der Waals surface area contributed by atoms with E-state index in [9.17, 15) is 9.59 Å². The molecule has 2 amide bonds. The lowest BCUT2D eigenvalue weighted by Gasteiger charge is -2.21. The predicted molar refractivity (Wildman–Crippen MR) is 121 cm³/mol. The Bertz CT molecular complexity index is 1160. The van der Waals surface area contributed by atoms with E-state index in [1.54, 1.807) is 24.4 Å². The van der Waals surface area contributed by atoms with Crippen molar-refractivity contribution in [3.63, 3.8) is 0 Å². The Morgan fingerprint density at radius 2 is 1.97 bits per heavy atom. The van der Waals surface area contributed by atoms with Crippen molar-refractivity contribution in [2.24, 2.45) is 0 Å². The summed E-state index contributed by atoms with van der Waals surface area (Å²) in [5, 5.41) is 5.88. The van der Waals surface area contributed by atoms with E-state index in [1.165, 1.54) is 13.4 Å². The Morgan fingerprint density at radius 3 is 2.74 bits per heavy atom. The first-order chi connectivity index (χ1) is 16.6. The minimum atomic E-state index is -0.342. The molecule has 34 heavy (non-hydrogen) atoms. The molecule has 1 aromatic heterocycles. The number of nitrogens with one attached hydrogen (secondary N) is 2. The maximum absolute atomic E-state index is 13.1. The highest BCUT2D eigenvalue weighted by Crippen LogP contribution is 2.29. The molecule has 2 aromatic carbocycles. The van der Waals surface area contributed by atoms with E-state index in [0.29, 0.717) is 48.5 Å². The van der Waals surface area contributed by atoms with Crippen LogP contribution in [0.5, 0.6) is 17.2 Å². The van der Waals surface area contributed by atoms with Crippen LogP contribution in [0, 0.1) is 0 Å². The van der Waals surface area contributed by atoms with Crippen LogP contribution in [0.3, 0.4) is 0 Å². The molecule has 1 fully saturated rings. The molecular weight excluding hydrogens is 440 g/mol. The molecule has 0 aliphatic carbocycles. The van der Waals surface area contributed by atoms with E-state index in [0.717, 1.165) is 5.56 Å². The number of fused-ring (bicyclic) bond motifs is 7. The van der Waals surface area contributed by atoms with Gasteiger partial charge in [-0.15, -0.1) is 0 Å². The minimum Gasteiger partial charge on any atom is -0.493 e. The van der Waals surface area contributed by atoms with Gasteiger partial charge in [-0.3, -0.25) is 9.59 Å². The van der Waals surface area contributed by atoms with Gasteiger partial charge in [0.2, 0.25) is 0 Å². The third-order valence-electron chi connectivity index (χ3n) is 5.76. The smallest absolute Gasteiger partial charge is 0.297 e. The van der Waals surface area contributed by atoms with Crippen molar-refractivity contribution in [1.82, 2.24) is 15.6 Å². The number of oxazole rings is 1. The molecule has 176 valence electrons. The second-order valence-corrected chi connectivity index (χ2v) is 8.03. The number of hydrogen-bond acceptors (Lipinski definition) is 8. The van der Waals surface area contributed by atoms with Crippen LogP contribution in [-0.2, 0) is 11.3 Å². The molecule has 0 radical (unpaired) electrons. The lowest BCUT2D eigenvalue weighted by Crippen LogP contribution is -2.45. The zero-order valence-electron chi connectivity index (χ0n) is 18.5. The number of rotatable bonds is 2. The lowest BCUT2D eigenvalue weighted by atomic mass is 10.1. The van der Waals surface area contributed by atoms with Gasteiger partial charge in [-0.25, -0.2) is 4.98 Å². The number of ether oxygens (including phenoxy) is 3. The number of benzene rings is 2. The zero-order valence-corrected chi connectivity index (χ0v) is 18.5. The topological polar surface area (TPSA) is 115 Å². The van der Waals surface area contributed by atoms with Gasteiger partial charge in [0, 0.05) is 18.7 Å². The Morgan fingerprint density at radius 1 is 1.12 bits per heavy atom. The Labute approximate surface area is 195 Å². The van der Waals surface area contributed by atoms with Gasteiger partial charge in [0.15, 0.2) is 18.1 Å². The van der Waals surface area contributed by atoms with Gasteiger partial charge >= 0.3 is 0 Å². The zero-order chi connectivity index (χ0) is 23.5. The Balaban J connectivity index is 1.46. The van der Waals surface area contributed by atoms with Crippen LogP contribution in [0.2, 0.25) is 0 Å². The SMILES string of the molecule is COc1ccc2cc1OCC(=O)NCc1ccc(cc1)O[C@H]1CN(c3ncco3)C[C@@H]1NC2=O. The summed E-state index contributed by atoms with van der Waals surface area (Å²) in [5.41, 5.74) is 1.29. The molecule has 10 nitrogen and oxygen atoms in total. The molecule has 0 unspecified atom stereocenters. The van der Waals surface area contributed by atoms with Gasteiger partial charge in [0.1, 0.15) is 18.1 Å². The third-order valence-corrected chi connectivity index (χ3v) is 5.76. The van der Waals surface area contributed by atoms with Crippen LogP contribution < -0.4 is 29.7 Å². The number of nitrogens with zero attached hydrogens (tertiary/aromatic N) is 2. The number of hydrogen-bond donors (Lipinski definition) is 2. The molecular formula is C24H24N4O6. The van der Waals surface area contributed by atoms with Gasteiger partial charge < -0.3 is 34.2 Å². The second-order valence-electron chi connectivity index (χ2n) is 8.03. The Kier molecular flexibility index (Phi) is 5.94. The van der Waals surface area contributed by atoms with Crippen molar-refractivity contribution in [1.29, 1.82) is 0 Å². The first-order valence-corrected chi connectivity index (χ1v) is 10.9. The van der Waals surface area contributed by atoms with E-state index < -0.39 is 0 Å². The van der Waals surface area contributed by atoms with Crippen LogP contribution in [0.25, 0.3) is 0 Å². The van der Waals surface area contributed by atoms with Gasteiger partial charge in [0.25, 0.3) is 17.8 Å². The molecule has 3 aromatic rings. The number of amides is 2. The van der Waals surface area contributed by atoms with Gasteiger partial charge in [-0.2, -0.15) is 0 Å². The first-order valence-electron chi connectivity index (χ1n) is 10.9. The monoisotopic (exact) mass is 464 g/mol. The van der Waals surface area contributed by atoms with Crippen molar-refractivity contribution in [2.45, 2.75) is 18.7 Å². The van der Waals surface area contributed by atoms with Crippen molar-refractivity contribution in [3.05, 3.63) is 66.1 Å². The molecule has 3 aliphatic rings. The van der Waals surface area contributed by atoms with Crippen LogP contribution in [-0.4, -0.2) is 55.8 Å². The van der Waals surface area contributed by atoms with E-state index in [4.69, 9.17) is 18.6 Å². The summed E-state index contributed by atoms with van der Waals surface area (Å²) in [5.74, 6) is 0.800. The number of anilines is 1. The fraction of sp³-hybridized carbons (Fsp3) is 0.292. The fourth-order valence-corrected chi connectivity index (χ4v) is 4.00. The Hall–Kier alpha value is -4.21. The number of carbonyl (C=O) groups excluding carboxylic acids is 2. The minimum absolute atomic E-state index is 0.210. The fourth-order valence-electron chi connectivity index (χ4n) is 4.00. The molecule has 2 atom stereocenters. The summed E-state index contributed by atoms with van der Waals surface area (Å²) in [7, 11) is 1.50. The number of aromatic nitrogens is 1. The van der Waals surface area contributed by atoms with Crippen molar-refractivity contribution < 1.29 is 28.2 Å². The summed E-state index contributed by atoms with van der Waals surface area (Å²) in [4.78, 5) is 31.6. The summed E-state index contributed by atoms with van der Waals surface area (Å²) in [6.45, 7) is 1.09. The number of carbonyl (C=O) groups is 2. The highest BCUT2D eigenvalue weighted by atomic mass is 16.5. The van der Waals surface area contributed by atoms with Crippen molar-refractivity contribution in [2.75, 3.05) is 31.7 Å². The van der Waals surface area contributed by atoms with E-state index >= 15 is 0 Å². The maximum atomic E-state index is 13.1. The lowest BCUT2D eigenvalue weighted by molar-refractivity contribution is -0.123. The van der Waals surface area contributed by atoms with E-state index in [2.05, 4.69) is 15.6 Å². The summed E-state index contributed by atoms with van der Waals surface area (Å²) >= 11 is 0. The van der Waals surface area contributed by atoms with Gasteiger partial charge in [-0.1, -0.05) is 12.1 Å². The highest BCUT2D eigenvalue weighted by Gasteiger charge is 2.37. The predicted octanol–water partition coefficient (Wildman–Crippen LogP) is 1.76. The normalized spacial score (nSPS) is 20.4. The van der Waals surface area contributed by atoms with E-state index in [1.807, 2.05) is 29.2 Å². The van der Waals surface area contributed by atoms with Gasteiger partial charge in [-0.05, 0) is 35.9 Å². The first kappa shape index (κ1) is 21.6. The van der Waals surface area contributed by atoms with Crippen LogP contribution >= 0.6 is 0 Å². The molecule has 1 saturated heterocycles. The second kappa shape index (κ2) is 9.34. The number of methoxy groups -OCH3 is 1. The highest BCUT2D eigenvalue weighted by molar-refractivity contribution is 5.95. The summed E-state index contributed by atoms with van der Waals surface area (Å²) < 4.78 is 22.7. The standard InChI is InChI=1S/C24H24N4O6/c1-31-19-7-4-16-10-20(19)33-14-22(29)26-11-15-2-5-17(6-3-15)34-21-13-28(24-25-8-9-32-24)12-18(21)27-23(16)30/h2-10,18,21H,11-14H2,1H3,(H,26,29)(H,27,30)/t18-,21-/m0/s1. The van der Waals surface area contributed by atoms with Crippen LogP contribution in [0.15, 0.2) is 59.3 Å². The van der Waals surface area contributed by atoms with Gasteiger partial charge in [0.05, 0.1) is 25.9 Å². The maximum Gasteiger partial charge on any atom is 0.297 e. The average Bonchev–Trinajstić information content (AvgIpc) is 3.52. The molecule has 10 heteroatoms. The third kappa shape index (κ3) is 4.61. The quantitative estimate of drug-likeness (QED) is 0.590. The summed E-state index contributed by atoms with van der Waals surface area (Å²) in [6, 6.07) is 12.4. The average molecular weight is 464 g/mol. The van der Waals surface area contributed by atoms with Crippen LogP contribution in [0.4, 0.5) is 6.01 Å². The molecule has 0 saturated carbocycles. The largest absolute Gasteiger partial charge is 0.493 e. The van der Waals surface area contributed by atoms with Crippen LogP contribution in [0.1, 0.15) is 15.9 Å². The molecule has 6 rings (SSSR count). The van der Waals surface area contributed by atoms with E-state index in [-0.39, 0.29) is 30.6 Å². The molecule has 3 aliphatic heterocycles. The summed E-state index contributed by atoms with van der Waals surface area (Å²) in [6.07, 6.45) is 2.75. The molecule has 4 bridgehead atoms. The molecule has 0 spiro atoms. The van der Waals surface area contributed by atoms with Crippen molar-refractivity contribution in [3.8, 4) is 17.2 Å². The molecule has 2 N–H and O–H groups in total. The molecule has 4 heterocycles.